The Morgan fingerprint density at radius 3 is 2.55 bits per heavy atom. The van der Waals surface area contributed by atoms with Gasteiger partial charge in [0.05, 0.1) is 12.5 Å². The van der Waals surface area contributed by atoms with Gasteiger partial charge in [-0.3, -0.25) is 4.79 Å². The number of hydrogen-bond acceptors (Lipinski definition) is 5. The van der Waals surface area contributed by atoms with E-state index in [1.807, 2.05) is 6.26 Å². The van der Waals surface area contributed by atoms with E-state index in [2.05, 4.69) is 27.7 Å². The van der Waals surface area contributed by atoms with E-state index in [1.165, 1.54) is 18.9 Å². The predicted octanol–water partition coefficient (Wildman–Crippen LogP) is 4.15. The van der Waals surface area contributed by atoms with E-state index < -0.39 is 0 Å². The first-order chi connectivity index (χ1) is 10.3. The summed E-state index contributed by atoms with van der Waals surface area (Å²) in [5.74, 6) is 2.11. The van der Waals surface area contributed by atoms with Crippen LogP contribution >= 0.6 is 24.0 Å². The maximum Gasteiger partial charge on any atom is 0.311 e. The molecule has 6 atom stereocenters. The monoisotopic (exact) mass is 344 g/mol. The number of esters is 1. The van der Waals surface area contributed by atoms with Gasteiger partial charge in [-0.15, -0.1) is 0 Å². The van der Waals surface area contributed by atoms with E-state index in [0.717, 1.165) is 12.8 Å². The van der Waals surface area contributed by atoms with Gasteiger partial charge in [-0.25, -0.2) is 0 Å². The maximum atomic E-state index is 12.4. The Morgan fingerprint density at radius 2 is 2.05 bits per heavy atom. The predicted molar refractivity (Wildman–Crippen MR) is 94.8 cm³/mol. The van der Waals surface area contributed by atoms with E-state index in [4.69, 9.17) is 21.7 Å². The van der Waals surface area contributed by atoms with Crippen molar-refractivity contribution in [2.24, 2.45) is 35.0 Å². The molecule has 3 fully saturated rings. The largest absolute Gasteiger partial charge is 0.475 e. The van der Waals surface area contributed by atoms with Crippen LogP contribution in [0.15, 0.2) is 0 Å². The van der Waals surface area contributed by atoms with Gasteiger partial charge >= 0.3 is 5.97 Å². The van der Waals surface area contributed by atoms with Crippen LogP contribution in [0.4, 0.5) is 0 Å². The molecule has 3 aliphatic rings. The summed E-state index contributed by atoms with van der Waals surface area (Å²) in [7, 11) is 1.50. The van der Waals surface area contributed by atoms with E-state index in [9.17, 15) is 4.79 Å². The normalized spacial score (nSPS) is 40.6. The zero-order valence-electron chi connectivity index (χ0n) is 14.4. The molecule has 3 saturated carbocycles. The quantitative estimate of drug-likeness (QED) is 0.568. The zero-order chi connectivity index (χ0) is 16.7. The number of fused-ring (bicyclic) bond motifs is 3. The molecule has 0 aromatic carbocycles. The highest BCUT2D eigenvalue weighted by Gasteiger charge is 2.61. The van der Waals surface area contributed by atoms with Crippen molar-refractivity contribution in [1.82, 2.24) is 0 Å². The molecule has 3 nitrogen and oxygen atoms in total. The van der Waals surface area contributed by atoms with Gasteiger partial charge in [0.15, 0.2) is 0 Å². The first-order valence-corrected chi connectivity index (χ1v) is 9.72. The van der Waals surface area contributed by atoms with E-state index in [1.54, 1.807) is 0 Å². The van der Waals surface area contributed by atoms with Crippen LogP contribution < -0.4 is 0 Å². The molecule has 0 aromatic heterocycles. The van der Waals surface area contributed by atoms with Crippen LogP contribution in [0.5, 0.6) is 0 Å². The Morgan fingerprint density at radius 1 is 1.41 bits per heavy atom. The molecule has 0 N–H and O–H groups in total. The summed E-state index contributed by atoms with van der Waals surface area (Å²) in [6, 6.07) is 0. The molecule has 0 aliphatic heterocycles. The van der Waals surface area contributed by atoms with Crippen molar-refractivity contribution in [1.29, 1.82) is 0 Å². The minimum Gasteiger partial charge on any atom is -0.475 e. The second kappa shape index (κ2) is 6.68. The molecule has 0 saturated heterocycles. The number of hydrogen-bond donors (Lipinski definition) is 0. The highest BCUT2D eigenvalue weighted by atomic mass is 32.2. The summed E-state index contributed by atoms with van der Waals surface area (Å²) in [6.07, 6.45) is 4.01. The third-order valence-corrected chi connectivity index (χ3v) is 7.06. The molecule has 0 unspecified atom stereocenters. The van der Waals surface area contributed by atoms with Crippen LogP contribution in [-0.4, -0.2) is 29.8 Å². The fourth-order valence-electron chi connectivity index (χ4n) is 4.88. The third-order valence-electron chi connectivity index (χ3n) is 6.04. The summed E-state index contributed by atoms with van der Waals surface area (Å²) >= 11 is 6.78. The van der Waals surface area contributed by atoms with Crippen molar-refractivity contribution in [2.75, 3.05) is 13.4 Å². The van der Waals surface area contributed by atoms with Crippen LogP contribution in [0.25, 0.3) is 0 Å². The lowest BCUT2D eigenvalue weighted by Gasteiger charge is -2.59. The number of carbonyl (C=O) groups excluding carboxylic acids is 1. The fraction of sp³-hybridized carbons (Fsp3) is 0.882. The average molecular weight is 345 g/mol. The van der Waals surface area contributed by atoms with E-state index >= 15 is 0 Å². The lowest BCUT2D eigenvalue weighted by atomic mass is 9.47. The first-order valence-electron chi connectivity index (χ1n) is 8.09. The van der Waals surface area contributed by atoms with Gasteiger partial charge in [-0.1, -0.05) is 32.5 Å². The summed E-state index contributed by atoms with van der Waals surface area (Å²) in [5.41, 5.74) is -0.384. The number of methoxy groups -OCH3 is 1. The Hall–Kier alpha value is -0.290. The Balaban J connectivity index is 2.32. The molecule has 0 spiro atoms. The molecule has 3 aliphatic carbocycles. The van der Waals surface area contributed by atoms with Gasteiger partial charge < -0.3 is 9.47 Å². The van der Waals surface area contributed by atoms with Crippen LogP contribution in [0, 0.1) is 35.0 Å². The highest BCUT2D eigenvalue weighted by Crippen LogP contribution is 2.60. The standard InChI is InChI=1S/C17H28O3S2/c1-9(2)11-7-13-10(3)14(20-16(21)22-6)12(11)8-17(13,4)15(18)19-5/h9-14H,7-8H2,1-6H3/t10-,11-,12-,13+,14-,17+/m0/s1. The van der Waals surface area contributed by atoms with Crippen LogP contribution in [0.2, 0.25) is 0 Å². The molecule has 5 heteroatoms. The van der Waals surface area contributed by atoms with Crippen LogP contribution in [-0.2, 0) is 14.3 Å². The second-order valence-electron chi connectivity index (χ2n) is 7.42. The molecule has 0 amide bonds. The molecule has 0 aromatic rings. The van der Waals surface area contributed by atoms with Crippen molar-refractivity contribution in [3.63, 3.8) is 0 Å². The van der Waals surface area contributed by atoms with Crippen molar-refractivity contribution in [2.45, 2.75) is 46.6 Å². The summed E-state index contributed by atoms with van der Waals surface area (Å²) < 4.78 is 11.9. The minimum atomic E-state index is -0.384. The SMILES string of the molecule is COC(=O)[C@]1(C)C[C@@H]2[C@@H](OC(=S)SC)[C@@H](C)[C@H]1C[C@H]2C(C)C. The summed E-state index contributed by atoms with van der Waals surface area (Å²) in [6.45, 7) is 8.83. The molecular weight excluding hydrogens is 316 g/mol. The number of thiocarbonyl (C=S) groups is 1. The van der Waals surface area contributed by atoms with Crippen molar-refractivity contribution < 1.29 is 14.3 Å². The smallest absolute Gasteiger partial charge is 0.311 e. The van der Waals surface area contributed by atoms with Gasteiger partial charge in [0, 0.05) is 5.92 Å². The van der Waals surface area contributed by atoms with Crippen LogP contribution in [0.3, 0.4) is 0 Å². The lowest BCUT2D eigenvalue weighted by Crippen LogP contribution is -2.60. The second-order valence-corrected chi connectivity index (χ2v) is 8.83. The molecule has 126 valence electrons. The van der Waals surface area contributed by atoms with E-state index in [0.29, 0.717) is 34.0 Å². The topological polar surface area (TPSA) is 35.5 Å². The zero-order valence-corrected chi connectivity index (χ0v) is 16.1. The van der Waals surface area contributed by atoms with Crippen molar-refractivity contribution in [3.8, 4) is 0 Å². The highest BCUT2D eigenvalue weighted by molar-refractivity contribution is 8.22. The maximum absolute atomic E-state index is 12.4. The summed E-state index contributed by atoms with van der Waals surface area (Å²) in [4.78, 5) is 12.4. The minimum absolute atomic E-state index is 0.0672. The molecule has 0 radical (unpaired) electrons. The first kappa shape index (κ1) is 18.1. The molecule has 3 rings (SSSR count). The van der Waals surface area contributed by atoms with Gasteiger partial charge in [-0.2, -0.15) is 0 Å². The van der Waals surface area contributed by atoms with Crippen molar-refractivity contribution in [3.05, 3.63) is 0 Å². The fourth-order valence-corrected chi connectivity index (χ4v) is 5.20. The van der Waals surface area contributed by atoms with Gasteiger partial charge in [0.2, 0.25) is 4.38 Å². The summed E-state index contributed by atoms with van der Waals surface area (Å²) in [5, 5.41) is 0. The molecule has 22 heavy (non-hydrogen) atoms. The van der Waals surface area contributed by atoms with Crippen LogP contribution in [0.1, 0.15) is 40.5 Å². The van der Waals surface area contributed by atoms with Gasteiger partial charge in [-0.05, 0) is 61.9 Å². The van der Waals surface area contributed by atoms with E-state index in [-0.39, 0.29) is 17.5 Å². The lowest BCUT2D eigenvalue weighted by molar-refractivity contribution is -0.186. The third kappa shape index (κ3) is 2.91. The Kier molecular flexibility index (Phi) is 5.48. The molecular formula is C17H28O3S2. The Labute approximate surface area is 143 Å². The van der Waals surface area contributed by atoms with Crippen molar-refractivity contribution >= 4 is 34.3 Å². The number of carbonyl (C=O) groups is 1. The average Bonchev–Trinajstić information content (AvgIpc) is 2.49. The van der Waals surface area contributed by atoms with Gasteiger partial charge in [0.25, 0.3) is 0 Å². The number of thioether (sulfide) groups is 1. The number of rotatable bonds is 3. The van der Waals surface area contributed by atoms with Gasteiger partial charge in [0.1, 0.15) is 6.10 Å². The Bertz CT molecular complexity index is 451. The number of ether oxygens (including phenoxy) is 2. The molecule has 2 bridgehead atoms. The molecule has 0 heterocycles.